The topological polar surface area (TPSA) is 45.4 Å². The van der Waals surface area contributed by atoms with Gasteiger partial charge in [0.2, 0.25) is 0 Å². The first kappa shape index (κ1) is 11.3. The maximum atomic E-state index is 9.56. The molecule has 2 N–H and O–H groups in total. The fraction of sp³-hybridized carbons (Fsp3) is 0.636. The fourth-order valence-electron chi connectivity index (χ4n) is 1.40. The van der Waals surface area contributed by atoms with E-state index < -0.39 is 0 Å². The molecule has 0 bridgehead atoms. The van der Waals surface area contributed by atoms with Crippen LogP contribution in [0.4, 0.5) is 0 Å². The van der Waals surface area contributed by atoms with Gasteiger partial charge < -0.3 is 14.8 Å². The summed E-state index contributed by atoms with van der Waals surface area (Å²) in [6.07, 6.45) is 3.96. The van der Waals surface area contributed by atoms with Crippen LogP contribution in [0.5, 0.6) is 0 Å². The minimum Gasteiger partial charge on any atom is -0.472 e. The van der Waals surface area contributed by atoms with E-state index in [9.17, 15) is 5.11 Å². The Morgan fingerprint density at radius 3 is 2.86 bits per heavy atom. The van der Waals surface area contributed by atoms with E-state index in [4.69, 9.17) is 4.42 Å². The van der Waals surface area contributed by atoms with Crippen LogP contribution < -0.4 is 5.32 Å². The summed E-state index contributed by atoms with van der Waals surface area (Å²) in [5, 5.41) is 12.7. The van der Waals surface area contributed by atoms with E-state index in [2.05, 4.69) is 19.2 Å². The van der Waals surface area contributed by atoms with Gasteiger partial charge in [-0.25, -0.2) is 0 Å². The molecule has 80 valence electrons. The molecule has 0 radical (unpaired) electrons. The highest BCUT2D eigenvalue weighted by Crippen LogP contribution is 2.04. The van der Waals surface area contributed by atoms with Gasteiger partial charge in [-0.15, -0.1) is 0 Å². The smallest absolute Gasteiger partial charge is 0.0947 e. The molecule has 0 aliphatic carbocycles. The van der Waals surface area contributed by atoms with E-state index in [1.807, 2.05) is 6.07 Å². The highest BCUT2D eigenvalue weighted by Gasteiger charge is 2.05. The van der Waals surface area contributed by atoms with Gasteiger partial charge in [-0.05, 0) is 18.4 Å². The second-order valence-electron chi connectivity index (χ2n) is 4.05. The summed E-state index contributed by atoms with van der Waals surface area (Å²) < 4.78 is 4.93. The molecule has 14 heavy (non-hydrogen) atoms. The third-order valence-electron chi connectivity index (χ3n) is 2.03. The van der Waals surface area contributed by atoms with Crippen LogP contribution in [0, 0.1) is 5.92 Å². The van der Waals surface area contributed by atoms with E-state index >= 15 is 0 Å². The Labute approximate surface area is 85.1 Å². The lowest BCUT2D eigenvalue weighted by molar-refractivity contribution is 0.146. The lowest BCUT2D eigenvalue weighted by Gasteiger charge is -2.13. The molecule has 0 fully saturated rings. The van der Waals surface area contributed by atoms with Crippen molar-refractivity contribution < 1.29 is 9.52 Å². The summed E-state index contributed by atoms with van der Waals surface area (Å²) in [6.45, 7) is 5.62. The van der Waals surface area contributed by atoms with Crippen LogP contribution in [-0.4, -0.2) is 17.8 Å². The van der Waals surface area contributed by atoms with E-state index in [-0.39, 0.29) is 6.10 Å². The first-order chi connectivity index (χ1) is 6.68. The molecule has 1 rings (SSSR count). The van der Waals surface area contributed by atoms with Crippen LogP contribution in [0.2, 0.25) is 0 Å². The average molecular weight is 197 g/mol. The molecule has 1 aromatic rings. The highest BCUT2D eigenvalue weighted by atomic mass is 16.3. The largest absolute Gasteiger partial charge is 0.472 e. The maximum absolute atomic E-state index is 9.56. The minimum absolute atomic E-state index is 0.248. The van der Waals surface area contributed by atoms with Crippen molar-refractivity contribution in [3.8, 4) is 0 Å². The van der Waals surface area contributed by atoms with Gasteiger partial charge in [0.05, 0.1) is 18.6 Å². The van der Waals surface area contributed by atoms with Gasteiger partial charge in [0, 0.05) is 18.7 Å². The van der Waals surface area contributed by atoms with Crippen molar-refractivity contribution in [2.75, 3.05) is 6.54 Å². The van der Waals surface area contributed by atoms with Gasteiger partial charge in [0.1, 0.15) is 0 Å². The molecular weight excluding hydrogens is 178 g/mol. The first-order valence-electron chi connectivity index (χ1n) is 5.08. The molecule has 0 aliphatic heterocycles. The Kier molecular flexibility index (Phi) is 4.70. The monoisotopic (exact) mass is 197 g/mol. The van der Waals surface area contributed by atoms with Crippen LogP contribution >= 0.6 is 0 Å². The van der Waals surface area contributed by atoms with E-state index in [0.717, 1.165) is 18.5 Å². The molecule has 3 nitrogen and oxygen atoms in total. The van der Waals surface area contributed by atoms with Crippen LogP contribution in [0.15, 0.2) is 23.0 Å². The summed E-state index contributed by atoms with van der Waals surface area (Å²) in [7, 11) is 0. The molecule has 0 saturated heterocycles. The third kappa shape index (κ3) is 4.44. The summed E-state index contributed by atoms with van der Waals surface area (Å²) in [5.74, 6) is 0.542. The number of hydrogen-bond donors (Lipinski definition) is 2. The van der Waals surface area contributed by atoms with Crippen molar-refractivity contribution in [2.24, 2.45) is 5.92 Å². The highest BCUT2D eigenvalue weighted by molar-refractivity contribution is 5.04. The minimum atomic E-state index is -0.248. The van der Waals surface area contributed by atoms with Gasteiger partial charge in [-0.3, -0.25) is 0 Å². The van der Waals surface area contributed by atoms with Crippen molar-refractivity contribution in [1.29, 1.82) is 0 Å². The molecule has 0 aliphatic rings. The van der Waals surface area contributed by atoms with E-state index in [1.54, 1.807) is 12.5 Å². The lowest BCUT2D eigenvalue weighted by Crippen LogP contribution is -2.27. The molecule has 1 heterocycles. The molecule has 0 spiro atoms. The molecule has 1 aromatic heterocycles. The predicted octanol–water partition coefficient (Wildman–Crippen LogP) is 1.78. The van der Waals surface area contributed by atoms with Gasteiger partial charge >= 0.3 is 0 Å². The maximum Gasteiger partial charge on any atom is 0.0947 e. The standard InChI is InChI=1S/C11H19NO2/c1-9(2)5-11(13)7-12-6-10-3-4-14-8-10/h3-4,8-9,11-13H,5-7H2,1-2H3. The molecule has 1 unspecified atom stereocenters. The number of furan rings is 1. The van der Waals surface area contributed by atoms with Crippen LogP contribution in [0.3, 0.4) is 0 Å². The Hall–Kier alpha value is -0.800. The quantitative estimate of drug-likeness (QED) is 0.730. The van der Waals surface area contributed by atoms with Crippen molar-refractivity contribution in [3.63, 3.8) is 0 Å². The molecule has 0 amide bonds. The zero-order chi connectivity index (χ0) is 10.4. The summed E-state index contributed by atoms with van der Waals surface area (Å²) in [5.41, 5.74) is 1.11. The van der Waals surface area contributed by atoms with Crippen molar-refractivity contribution in [2.45, 2.75) is 32.9 Å². The average Bonchev–Trinajstić information content (AvgIpc) is 2.55. The van der Waals surface area contributed by atoms with E-state index in [0.29, 0.717) is 12.5 Å². The van der Waals surface area contributed by atoms with Gasteiger partial charge in [-0.1, -0.05) is 13.8 Å². The summed E-state index contributed by atoms with van der Waals surface area (Å²) in [4.78, 5) is 0. The number of aliphatic hydroxyl groups is 1. The molecule has 3 heteroatoms. The number of rotatable bonds is 6. The molecule has 1 atom stereocenters. The zero-order valence-electron chi connectivity index (χ0n) is 8.86. The fourth-order valence-corrected chi connectivity index (χ4v) is 1.40. The summed E-state index contributed by atoms with van der Waals surface area (Å²) in [6, 6.07) is 1.92. The molecule has 0 saturated carbocycles. The Morgan fingerprint density at radius 2 is 2.29 bits per heavy atom. The third-order valence-corrected chi connectivity index (χ3v) is 2.03. The van der Waals surface area contributed by atoms with Crippen molar-refractivity contribution in [3.05, 3.63) is 24.2 Å². The molecular formula is C11H19NO2. The second kappa shape index (κ2) is 5.83. The zero-order valence-corrected chi connectivity index (χ0v) is 8.86. The Morgan fingerprint density at radius 1 is 1.50 bits per heavy atom. The van der Waals surface area contributed by atoms with Crippen LogP contribution in [0.25, 0.3) is 0 Å². The van der Waals surface area contributed by atoms with Gasteiger partial charge in [0.25, 0.3) is 0 Å². The first-order valence-corrected chi connectivity index (χ1v) is 5.08. The van der Waals surface area contributed by atoms with Crippen LogP contribution in [-0.2, 0) is 6.54 Å². The lowest BCUT2D eigenvalue weighted by atomic mass is 10.1. The van der Waals surface area contributed by atoms with E-state index in [1.165, 1.54) is 0 Å². The molecule has 0 aromatic carbocycles. The number of hydrogen-bond acceptors (Lipinski definition) is 3. The van der Waals surface area contributed by atoms with Crippen molar-refractivity contribution >= 4 is 0 Å². The second-order valence-corrected chi connectivity index (χ2v) is 4.05. The normalized spacial score (nSPS) is 13.4. The number of aliphatic hydroxyl groups excluding tert-OH is 1. The predicted molar refractivity (Wildman–Crippen MR) is 55.9 cm³/mol. The van der Waals surface area contributed by atoms with Crippen molar-refractivity contribution in [1.82, 2.24) is 5.32 Å². The summed E-state index contributed by atoms with van der Waals surface area (Å²) >= 11 is 0. The number of nitrogens with one attached hydrogen (secondary N) is 1. The Bertz CT molecular complexity index is 231. The SMILES string of the molecule is CC(C)CC(O)CNCc1ccoc1. The van der Waals surface area contributed by atoms with Gasteiger partial charge in [-0.2, -0.15) is 0 Å². The van der Waals surface area contributed by atoms with Gasteiger partial charge in [0.15, 0.2) is 0 Å². The van der Waals surface area contributed by atoms with Crippen LogP contribution in [0.1, 0.15) is 25.8 Å². The Balaban J connectivity index is 2.09.